The Kier molecular flexibility index (Phi) is 5.23. The second-order valence-corrected chi connectivity index (χ2v) is 3.63. The van der Waals surface area contributed by atoms with Gasteiger partial charge in [-0.05, 0) is 17.7 Å². The van der Waals surface area contributed by atoms with E-state index < -0.39 is 31.4 Å². The zero-order chi connectivity index (χ0) is 15.3. The van der Waals surface area contributed by atoms with Crippen molar-refractivity contribution in [3.8, 4) is 5.75 Å². The van der Waals surface area contributed by atoms with E-state index in [4.69, 9.17) is 0 Å². The van der Waals surface area contributed by atoms with Gasteiger partial charge in [0.15, 0.2) is 0 Å². The highest BCUT2D eigenvalue weighted by Gasteiger charge is 2.48. The molecule has 1 aromatic carbocycles. The average Bonchev–Trinajstić information content (AvgIpc) is 2.36. The molecular weight excluding hydrogens is 292 g/mol. The monoisotopic (exact) mass is 301 g/mol. The standard InChI is InChI=1S/C11H9F6NO2/c12-8(13)11(16,17)9(19)18-5-6-1-3-7(4-2-6)20-10(14)15/h1-4,8,10H,5H2,(H,18,19). The van der Waals surface area contributed by atoms with Crippen LogP contribution in [0.15, 0.2) is 24.3 Å². The van der Waals surface area contributed by atoms with Gasteiger partial charge in [0.05, 0.1) is 0 Å². The van der Waals surface area contributed by atoms with Gasteiger partial charge >= 0.3 is 19.0 Å². The van der Waals surface area contributed by atoms with Crippen molar-refractivity contribution in [3.05, 3.63) is 29.8 Å². The summed E-state index contributed by atoms with van der Waals surface area (Å²) >= 11 is 0. The van der Waals surface area contributed by atoms with Crippen molar-refractivity contribution in [2.24, 2.45) is 0 Å². The first-order chi connectivity index (χ1) is 9.23. The van der Waals surface area contributed by atoms with Gasteiger partial charge in [0.1, 0.15) is 5.75 Å². The SMILES string of the molecule is O=C(NCc1ccc(OC(F)F)cc1)C(F)(F)C(F)F. The second kappa shape index (κ2) is 6.49. The number of carbonyl (C=O) groups is 1. The van der Waals surface area contributed by atoms with Crippen molar-refractivity contribution in [3.63, 3.8) is 0 Å². The van der Waals surface area contributed by atoms with Crippen molar-refractivity contribution in [2.75, 3.05) is 0 Å². The largest absolute Gasteiger partial charge is 0.435 e. The van der Waals surface area contributed by atoms with E-state index in [2.05, 4.69) is 4.74 Å². The van der Waals surface area contributed by atoms with Crippen molar-refractivity contribution in [1.29, 1.82) is 0 Å². The van der Waals surface area contributed by atoms with Crippen LogP contribution in [0.5, 0.6) is 5.75 Å². The van der Waals surface area contributed by atoms with Crippen LogP contribution in [0.1, 0.15) is 5.56 Å². The normalized spacial score (nSPS) is 11.8. The molecular formula is C11H9F6NO2. The molecule has 0 aliphatic heterocycles. The van der Waals surface area contributed by atoms with Crippen LogP contribution in [-0.4, -0.2) is 24.9 Å². The number of ether oxygens (including phenoxy) is 1. The molecule has 0 aliphatic rings. The van der Waals surface area contributed by atoms with Crippen molar-refractivity contribution in [2.45, 2.75) is 25.5 Å². The van der Waals surface area contributed by atoms with E-state index in [0.717, 1.165) is 12.1 Å². The van der Waals surface area contributed by atoms with Crippen LogP contribution in [0, 0.1) is 0 Å². The summed E-state index contributed by atoms with van der Waals surface area (Å²) in [5, 5.41) is 1.62. The van der Waals surface area contributed by atoms with Crippen molar-refractivity contribution < 1.29 is 35.9 Å². The Morgan fingerprint density at radius 1 is 1.15 bits per heavy atom. The molecule has 0 atom stereocenters. The Morgan fingerprint density at radius 2 is 1.70 bits per heavy atom. The predicted octanol–water partition coefficient (Wildman–Crippen LogP) is 2.80. The van der Waals surface area contributed by atoms with Crippen LogP contribution in [0.3, 0.4) is 0 Å². The number of halogens is 6. The molecule has 0 saturated heterocycles. The molecule has 20 heavy (non-hydrogen) atoms. The maximum absolute atomic E-state index is 12.6. The van der Waals surface area contributed by atoms with Crippen LogP contribution in [-0.2, 0) is 11.3 Å². The van der Waals surface area contributed by atoms with E-state index in [1.807, 2.05) is 0 Å². The smallest absolute Gasteiger partial charge is 0.387 e. The van der Waals surface area contributed by atoms with E-state index in [1.165, 1.54) is 12.1 Å². The first kappa shape index (κ1) is 16.1. The third-order valence-electron chi connectivity index (χ3n) is 2.18. The van der Waals surface area contributed by atoms with E-state index in [9.17, 15) is 31.1 Å². The van der Waals surface area contributed by atoms with Crippen molar-refractivity contribution >= 4 is 5.91 Å². The molecule has 0 aliphatic carbocycles. The summed E-state index contributed by atoms with van der Waals surface area (Å²) in [6, 6.07) is 4.69. The lowest BCUT2D eigenvalue weighted by Gasteiger charge is -2.14. The number of amides is 1. The number of hydrogen-bond donors (Lipinski definition) is 1. The molecule has 0 radical (unpaired) electrons. The number of carbonyl (C=O) groups excluding carboxylic acids is 1. The zero-order valence-corrected chi connectivity index (χ0v) is 9.76. The van der Waals surface area contributed by atoms with Crippen LogP contribution in [0.4, 0.5) is 26.3 Å². The minimum atomic E-state index is -4.78. The Morgan fingerprint density at radius 3 is 2.15 bits per heavy atom. The summed E-state index contributed by atoms with van der Waals surface area (Å²) in [4.78, 5) is 10.8. The summed E-state index contributed by atoms with van der Waals surface area (Å²) in [7, 11) is 0. The van der Waals surface area contributed by atoms with E-state index in [-0.39, 0.29) is 11.3 Å². The molecule has 1 amide bonds. The molecule has 3 nitrogen and oxygen atoms in total. The zero-order valence-electron chi connectivity index (χ0n) is 9.76. The fourth-order valence-corrected chi connectivity index (χ4v) is 1.19. The molecule has 1 rings (SSSR count). The lowest BCUT2D eigenvalue weighted by Crippen LogP contribution is -2.44. The third kappa shape index (κ3) is 4.32. The van der Waals surface area contributed by atoms with E-state index in [1.54, 1.807) is 5.32 Å². The van der Waals surface area contributed by atoms with E-state index in [0.29, 0.717) is 0 Å². The summed E-state index contributed by atoms with van der Waals surface area (Å²) in [6.45, 7) is -3.46. The Labute approximate surface area is 109 Å². The van der Waals surface area contributed by atoms with Gasteiger partial charge in [0.2, 0.25) is 0 Å². The highest BCUT2D eigenvalue weighted by Crippen LogP contribution is 2.23. The number of alkyl halides is 6. The van der Waals surface area contributed by atoms with Crippen LogP contribution < -0.4 is 10.1 Å². The first-order valence-electron chi connectivity index (χ1n) is 5.21. The lowest BCUT2D eigenvalue weighted by molar-refractivity contribution is -0.169. The predicted molar refractivity (Wildman–Crippen MR) is 55.9 cm³/mol. The Balaban J connectivity index is 2.56. The molecule has 1 N–H and O–H groups in total. The maximum atomic E-state index is 12.6. The maximum Gasteiger partial charge on any atom is 0.387 e. The number of hydrogen-bond acceptors (Lipinski definition) is 2. The van der Waals surface area contributed by atoms with Crippen molar-refractivity contribution in [1.82, 2.24) is 5.32 Å². The molecule has 0 fully saturated rings. The number of rotatable bonds is 6. The van der Waals surface area contributed by atoms with E-state index >= 15 is 0 Å². The molecule has 112 valence electrons. The van der Waals surface area contributed by atoms with Crippen LogP contribution in [0.2, 0.25) is 0 Å². The van der Waals surface area contributed by atoms with Gasteiger partial charge in [-0.15, -0.1) is 0 Å². The van der Waals surface area contributed by atoms with Crippen LogP contribution in [0.25, 0.3) is 0 Å². The topological polar surface area (TPSA) is 38.3 Å². The third-order valence-corrected chi connectivity index (χ3v) is 2.18. The summed E-state index contributed by atoms with van der Waals surface area (Å²) < 4.78 is 76.6. The summed E-state index contributed by atoms with van der Waals surface area (Å²) in [5.74, 6) is -7.05. The van der Waals surface area contributed by atoms with Gasteiger partial charge in [0, 0.05) is 6.54 Å². The summed E-state index contributed by atoms with van der Waals surface area (Å²) in [6.07, 6.45) is -4.11. The fourth-order valence-electron chi connectivity index (χ4n) is 1.19. The fraction of sp³-hybridized carbons (Fsp3) is 0.364. The number of nitrogens with one attached hydrogen (secondary N) is 1. The highest BCUT2D eigenvalue weighted by molar-refractivity contribution is 5.83. The Bertz CT molecular complexity index is 449. The second-order valence-electron chi connectivity index (χ2n) is 3.63. The molecule has 0 spiro atoms. The average molecular weight is 301 g/mol. The molecule has 9 heteroatoms. The molecule has 0 aromatic heterocycles. The highest BCUT2D eigenvalue weighted by atomic mass is 19.3. The minimum Gasteiger partial charge on any atom is -0.435 e. The molecule has 1 aromatic rings. The molecule has 0 bridgehead atoms. The molecule has 0 heterocycles. The van der Waals surface area contributed by atoms with Gasteiger partial charge in [-0.3, -0.25) is 4.79 Å². The quantitative estimate of drug-likeness (QED) is 0.821. The van der Waals surface area contributed by atoms with Gasteiger partial charge in [-0.25, -0.2) is 8.78 Å². The summed E-state index contributed by atoms with van der Waals surface area (Å²) in [5.41, 5.74) is 0.255. The lowest BCUT2D eigenvalue weighted by atomic mass is 10.2. The molecule has 0 unspecified atom stereocenters. The van der Waals surface area contributed by atoms with Crippen LogP contribution >= 0.6 is 0 Å². The van der Waals surface area contributed by atoms with Gasteiger partial charge in [-0.2, -0.15) is 17.6 Å². The first-order valence-corrected chi connectivity index (χ1v) is 5.21. The van der Waals surface area contributed by atoms with Gasteiger partial charge < -0.3 is 10.1 Å². The number of benzene rings is 1. The Hall–Kier alpha value is -1.93. The minimum absolute atomic E-state index is 0.159. The van der Waals surface area contributed by atoms with Gasteiger partial charge in [0.25, 0.3) is 5.91 Å². The van der Waals surface area contributed by atoms with Gasteiger partial charge in [-0.1, -0.05) is 12.1 Å². The molecule has 0 saturated carbocycles.